The third-order valence-corrected chi connectivity index (χ3v) is 4.55. The van der Waals surface area contributed by atoms with E-state index in [1.807, 2.05) is 18.2 Å². The molecule has 1 saturated carbocycles. The molecule has 1 fully saturated rings. The number of carboxylic acid groups (broad SMARTS) is 1. The van der Waals surface area contributed by atoms with Crippen molar-refractivity contribution in [2.45, 2.75) is 38.5 Å². The van der Waals surface area contributed by atoms with E-state index in [1.165, 1.54) is 5.56 Å². The summed E-state index contributed by atoms with van der Waals surface area (Å²) in [4.78, 5) is 11.8. The number of rotatable bonds is 5. The minimum absolute atomic E-state index is 0.213. The Balaban J connectivity index is 2.21. The van der Waals surface area contributed by atoms with Gasteiger partial charge in [0.15, 0.2) is 0 Å². The van der Waals surface area contributed by atoms with Gasteiger partial charge in [-0.15, -0.1) is 0 Å². The summed E-state index contributed by atoms with van der Waals surface area (Å²) in [6.07, 6.45) is 5.37. The lowest BCUT2D eigenvalue weighted by Crippen LogP contribution is -2.43. The quantitative estimate of drug-likeness (QED) is 0.856. The van der Waals surface area contributed by atoms with Gasteiger partial charge in [0, 0.05) is 0 Å². The highest BCUT2D eigenvalue weighted by molar-refractivity contribution is 5.75. The molecule has 2 rings (SSSR count). The van der Waals surface area contributed by atoms with Crippen molar-refractivity contribution in [2.75, 3.05) is 6.54 Å². The Morgan fingerprint density at radius 3 is 2.68 bits per heavy atom. The number of hydrogen-bond donors (Lipinski definition) is 2. The molecule has 1 aromatic rings. The Hall–Kier alpha value is -1.35. The van der Waals surface area contributed by atoms with E-state index in [4.69, 9.17) is 5.73 Å². The van der Waals surface area contributed by atoms with Crippen molar-refractivity contribution in [2.24, 2.45) is 17.1 Å². The van der Waals surface area contributed by atoms with Gasteiger partial charge in [-0.3, -0.25) is 4.79 Å². The molecule has 0 saturated heterocycles. The standard InChI is InChI=1S/C16H23NO2/c17-11-10-16(15(18)19)9-5-4-8-14(16)12-13-6-2-1-3-7-13/h1-3,6-7,14H,4-5,8-12,17H2,(H,18,19)/t14-,16-/m0/s1. The fraction of sp³-hybridized carbons (Fsp3) is 0.562. The SMILES string of the molecule is NCC[C@@]1(C(=O)O)CCCC[C@H]1Cc1ccccc1. The van der Waals surface area contributed by atoms with Gasteiger partial charge in [-0.1, -0.05) is 43.2 Å². The van der Waals surface area contributed by atoms with Crippen LogP contribution in [0.25, 0.3) is 0 Å². The molecule has 104 valence electrons. The van der Waals surface area contributed by atoms with Crippen molar-refractivity contribution in [3.05, 3.63) is 35.9 Å². The first-order valence-corrected chi connectivity index (χ1v) is 7.16. The molecule has 1 aliphatic carbocycles. The maximum Gasteiger partial charge on any atom is 0.309 e. The van der Waals surface area contributed by atoms with Crippen molar-refractivity contribution in [1.82, 2.24) is 0 Å². The van der Waals surface area contributed by atoms with Crippen LogP contribution in [0.4, 0.5) is 0 Å². The predicted molar refractivity (Wildman–Crippen MR) is 75.8 cm³/mol. The molecular weight excluding hydrogens is 238 g/mol. The lowest BCUT2D eigenvalue weighted by Gasteiger charge is -2.41. The molecule has 1 aromatic carbocycles. The summed E-state index contributed by atoms with van der Waals surface area (Å²) >= 11 is 0. The summed E-state index contributed by atoms with van der Waals surface area (Å²) < 4.78 is 0. The summed E-state index contributed by atoms with van der Waals surface area (Å²) in [5, 5.41) is 9.71. The molecule has 0 amide bonds. The molecule has 0 heterocycles. The van der Waals surface area contributed by atoms with Crippen LogP contribution in [0.15, 0.2) is 30.3 Å². The van der Waals surface area contributed by atoms with E-state index in [9.17, 15) is 9.90 Å². The smallest absolute Gasteiger partial charge is 0.309 e. The van der Waals surface area contributed by atoms with Crippen LogP contribution in [0.2, 0.25) is 0 Å². The Bertz CT molecular complexity index is 414. The van der Waals surface area contributed by atoms with E-state index in [2.05, 4.69) is 12.1 Å². The van der Waals surface area contributed by atoms with E-state index >= 15 is 0 Å². The van der Waals surface area contributed by atoms with Gasteiger partial charge >= 0.3 is 5.97 Å². The van der Waals surface area contributed by atoms with Crippen molar-refractivity contribution in [3.63, 3.8) is 0 Å². The fourth-order valence-corrected chi connectivity index (χ4v) is 3.48. The number of benzene rings is 1. The van der Waals surface area contributed by atoms with Gasteiger partial charge in [-0.25, -0.2) is 0 Å². The Kier molecular flexibility index (Phi) is 4.59. The van der Waals surface area contributed by atoms with Crippen LogP contribution in [-0.4, -0.2) is 17.6 Å². The van der Waals surface area contributed by atoms with Crippen molar-refractivity contribution in [3.8, 4) is 0 Å². The van der Waals surface area contributed by atoms with Crippen LogP contribution < -0.4 is 5.73 Å². The van der Waals surface area contributed by atoms with Crippen LogP contribution in [0.3, 0.4) is 0 Å². The molecule has 3 N–H and O–H groups in total. The largest absolute Gasteiger partial charge is 0.481 e. The van der Waals surface area contributed by atoms with Gasteiger partial charge in [0.2, 0.25) is 0 Å². The highest BCUT2D eigenvalue weighted by Gasteiger charge is 2.46. The number of nitrogens with two attached hydrogens (primary N) is 1. The van der Waals surface area contributed by atoms with Crippen LogP contribution in [0.5, 0.6) is 0 Å². The van der Waals surface area contributed by atoms with Gasteiger partial charge in [-0.05, 0) is 43.7 Å². The van der Waals surface area contributed by atoms with Crippen LogP contribution in [0, 0.1) is 11.3 Å². The van der Waals surface area contributed by atoms with Gasteiger partial charge in [0.1, 0.15) is 0 Å². The van der Waals surface area contributed by atoms with E-state index in [0.717, 1.165) is 32.1 Å². The molecule has 3 heteroatoms. The zero-order valence-corrected chi connectivity index (χ0v) is 11.3. The first-order valence-electron chi connectivity index (χ1n) is 7.16. The average Bonchev–Trinajstić information content (AvgIpc) is 2.42. The summed E-state index contributed by atoms with van der Waals surface area (Å²) in [7, 11) is 0. The van der Waals surface area contributed by atoms with E-state index in [0.29, 0.717) is 13.0 Å². The molecule has 3 nitrogen and oxygen atoms in total. The first kappa shape index (κ1) is 14.1. The molecule has 0 aliphatic heterocycles. The Morgan fingerprint density at radius 2 is 2.05 bits per heavy atom. The van der Waals surface area contributed by atoms with Gasteiger partial charge in [0.25, 0.3) is 0 Å². The summed E-state index contributed by atoms with van der Waals surface area (Å²) in [6.45, 7) is 0.456. The lowest BCUT2D eigenvalue weighted by molar-refractivity contribution is -0.155. The fourth-order valence-electron chi connectivity index (χ4n) is 3.48. The monoisotopic (exact) mass is 261 g/mol. The van der Waals surface area contributed by atoms with E-state index in [-0.39, 0.29) is 5.92 Å². The molecule has 0 radical (unpaired) electrons. The van der Waals surface area contributed by atoms with E-state index < -0.39 is 11.4 Å². The van der Waals surface area contributed by atoms with Gasteiger partial charge in [-0.2, -0.15) is 0 Å². The molecule has 1 aliphatic rings. The number of carboxylic acids is 1. The predicted octanol–water partition coefficient (Wildman–Crippen LogP) is 2.84. The third kappa shape index (κ3) is 2.98. The number of carbonyl (C=O) groups is 1. The van der Waals surface area contributed by atoms with Gasteiger partial charge < -0.3 is 10.8 Å². The highest BCUT2D eigenvalue weighted by Crippen LogP contribution is 2.45. The average molecular weight is 261 g/mol. The van der Waals surface area contributed by atoms with Crippen LogP contribution >= 0.6 is 0 Å². The zero-order chi connectivity index (χ0) is 13.7. The molecule has 0 bridgehead atoms. The summed E-state index contributed by atoms with van der Waals surface area (Å²) in [5.41, 5.74) is 6.30. The van der Waals surface area contributed by atoms with Crippen LogP contribution in [-0.2, 0) is 11.2 Å². The normalized spacial score (nSPS) is 27.1. The highest BCUT2D eigenvalue weighted by atomic mass is 16.4. The molecule has 0 spiro atoms. The maximum absolute atomic E-state index is 11.8. The second-order valence-corrected chi connectivity index (χ2v) is 5.63. The van der Waals surface area contributed by atoms with E-state index in [1.54, 1.807) is 0 Å². The second kappa shape index (κ2) is 6.20. The molecular formula is C16H23NO2. The molecule has 19 heavy (non-hydrogen) atoms. The summed E-state index contributed by atoms with van der Waals surface area (Å²) in [5.74, 6) is -0.441. The lowest BCUT2D eigenvalue weighted by atomic mass is 9.62. The topological polar surface area (TPSA) is 63.3 Å². The minimum Gasteiger partial charge on any atom is -0.481 e. The third-order valence-electron chi connectivity index (χ3n) is 4.55. The summed E-state index contributed by atoms with van der Waals surface area (Å²) in [6, 6.07) is 10.2. The van der Waals surface area contributed by atoms with Crippen molar-refractivity contribution >= 4 is 5.97 Å². The Morgan fingerprint density at radius 1 is 1.32 bits per heavy atom. The van der Waals surface area contributed by atoms with Gasteiger partial charge in [0.05, 0.1) is 5.41 Å². The second-order valence-electron chi connectivity index (χ2n) is 5.63. The first-order chi connectivity index (χ1) is 9.19. The number of aliphatic carboxylic acids is 1. The number of hydrogen-bond acceptors (Lipinski definition) is 2. The van der Waals surface area contributed by atoms with Crippen molar-refractivity contribution in [1.29, 1.82) is 0 Å². The minimum atomic E-state index is -0.654. The molecule has 2 atom stereocenters. The maximum atomic E-state index is 11.8. The Labute approximate surface area is 114 Å². The zero-order valence-electron chi connectivity index (χ0n) is 11.3. The molecule has 0 aromatic heterocycles. The van der Waals surface area contributed by atoms with Crippen molar-refractivity contribution < 1.29 is 9.90 Å². The molecule has 0 unspecified atom stereocenters. The van der Waals surface area contributed by atoms with Crippen LogP contribution in [0.1, 0.15) is 37.7 Å².